The summed E-state index contributed by atoms with van der Waals surface area (Å²) >= 11 is 0. The lowest BCUT2D eigenvalue weighted by Crippen LogP contribution is -2.42. The molecule has 3 nitrogen and oxygen atoms in total. The molecule has 0 bridgehead atoms. The first-order valence-electron chi connectivity index (χ1n) is 7.43. The average Bonchev–Trinajstić information content (AvgIpc) is 2.49. The summed E-state index contributed by atoms with van der Waals surface area (Å²) in [4.78, 5) is 13.7. The van der Waals surface area contributed by atoms with E-state index in [2.05, 4.69) is 6.07 Å². The maximum Gasteiger partial charge on any atom is 0.220 e. The van der Waals surface area contributed by atoms with Crippen molar-refractivity contribution in [2.45, 2.75) is 51.6 Å². The summed E-state index contributed by atoms with van der Waals surface area (Å²) < 4.78 is 0. The molecule has 3 heteroatoms. The molecular weight excluding hydrogens is 248 g/mol. The molecule has 0 saturated heterocycles. The molecule has 0 spiro atoms. The van der Waals surface area contributed by atoms with Crippen LogP contribution in [-0.4, -0.2) is 16.8 Å². The summed E-state index contributed by atoms with van der Waals surface area (Å²) in [6.45, 7) is 2.10. The summed E-state index contributed by atoms with van der Waals surface area (Å²) in [5.41, 5.74) is 1.08. The SMILES string of the molecule is CC(=O)N(Cc1ccccc1)C(C#N)C1CCCCC1. The average molecular weight is 270 g/mol. The van der Waals surface area contributed by atoms with Gasteiger partial charge in [-0.05, 0) is 24.3 Å². The minimum Gasteiger partial charge on any atom is -0.322 e. The molecule has 1 aromatic rings. The van der Waals surface area contributed by atoms with Gasteiger partial charge in [0.1, 0.15) is 6.04 Å². The van der Waals surface area contributed by atoms with Crippen LogP contribution in [0.25, 0.3) is 0 Å². The zero-order valence-corrected chi connectivity index (χ0v) is 12.1. The molecule has 0 heterocycles. The zero-order chi connectivity index (χ0) is 14.4. The van der Waals surface area contributed by atoms with E-state index < -0.39 is 0 Å². The van der Waals surface area contributed by atoms with Crippen LogP contribution < -0.4 is 0 Å². The van der Waals surface area contributed by atoms with E-state index in [0.717, 1.165) is 18.4 Å². The van der Waals surface area contributed by atoms with E-state index in [1.807, 2.05) is 30.3 Å². The Morgan fingerprint density at radius 2 is 1.95 bits per heavy atom. The minimum atomic E-state index is -0.284. The minimum absolute atomic E-state index is 0.00836. The Morgan fingerprint density at radius 1 is 1.30 bits per heavy atom. The van der Waals surface area contributed by atoms with Crippen molar-refractivity contribution in [1.29, 1.82) is 5.26 Å². The van der Waals surface area contributed by atoms with Gasteiger partial charge < -0.3 is 4.90 Å². The zero-order valence-electron chi connectivity index (χ0n) is 12.1. The number of nitrogens with zero attached hydrogens (tertiary/aromatic N) is 2. The van der Waals surface area contributed by atoms with Gasteiger partial charge in [0, 0.05) is 13.5 Å². The smallest absolute Gasteiger partial charge is 0.220 e. The highest BCUT2D eigenvalue weighted by Gasteiger charge is 2.30. The standard InChI is InChI=1S/C17H22N2O/c1-14(20)19(13-15-8-4-2-5-9-15)17(12-18)16-10-6-3-7-11-16/h2,4-5,8-9,16-17H,3,6-7,10-11,13H2,1H3. The molecule has 0 radical (unpaired) electrons. The van der Waals surface area contributed by atoms with Crippen LogP contribution in [0.4, 0.5) is 0 Å². The van der Waals surface area contributed by atoms with Gasteiger partial charge >= 0.3 is 0 Å². The van der Waals surface area contributed by atoms with Gasteiger partial charge in [-0.25, -0.2) is 0 Å². The number of benzene rings is 1. The van der Waals surface area contributed by atoms with E-state index in [1.54, 1.807) is 11.8 Å². The summed E-state index contributed by atoms with van der Waals surface area (Å²) in [5.74, 6) is 0.326. The lowest BCUT2D eigenvalue weighted by molar-refractivity contribution is -0.132. The molecule has 1 aliphatic carbocycles. The topological polar surface area (TPSA) is 44.1 Å². The molecule has 1 unspecified atom stereocenters. The second kappa shape index (κ2) is 7.09. The highest BCUT2D eigenvalue weighted by atomic mass is 16.2. The van der Waals surface area contributed by atoms with Crippen molar-refractivity contribution in [1.82, 2.24) is 4.90 Å². The fourth-order valence-corrected chi connectivity index (χ4v) is 3.07. The summed E-state index contributed by atoms with van der Waals surface area (Å²) in [7, 11) is 0. The monoisotopic (exact) mass is 270 g/mol. The van der Waals surface area contributed by atoms with Crippen LogP contribution in [-0.2, 0) is 11.3 Å². The third kappa shape index (κ3) is 3.60. The molecular formula is C17H22N2O. The number of hydrogen-bond donors (Lipinski definition) is 0. The lowest BCUT2D eigenvalue weighted by atomic mass is 9.83. The summed E-state index contributed by atoms with van der Waals surface area (Å²) in [5, 5.41) is 9.53. The van der Waals surface area contributed by atoms with E-state index >= 15 is 0 Å². The van der Waals surface area contributed by atoms with Gasteiger partial charge in [-0.1, -0.05) is 49.6 Å². The molecule has 1 saturated carbocycles. The maximum absolute atomic E-state index is 12.0. The van der Waals surface area contributed by atoms with Gasteiger partial charge in [-0.2, -0.15) is 5.26 Å². The number of rotatable bonds is 4. The van der Waals surface area contributed by atoms with Gasteiger partial charge in [0.15, 0.2) is 0 Å². The molecule has 2 rings (SSSR count). The van der Waals surface area contributed by atoms with Crippen molar-refractivity contribution in [3.8, 4) is 6.07 Å². The first-order chi connectivity index (χ1) is 9.72. The number of carbonyl (C=O) groups is 1. The Hall–Kier alpha value is -1.82. The van der Waals surface area contributed by atoms with E-state index in [0.29, 0.717) is 12.5 Å². The Labute approximate surface area is 121 Å². The fraction of sp³-hybridized carbons (Fsp3) is 0.529. The molecule has 106 valence electrons. The highest BCUT2D eigenvalue weighted by molar-refractivity contribution is 5.74. The Kier molecular flexibility index (Phi) is 5.17. The molecule has 0 N–H and O–H groups in total. The normalized spacial score (nSPS) is 17.2. The number of amides is 1. The molecule has 1 aromatic carbocycles. The molecule has 1 aliphatic rings. The van der Waals surface area contributed by atoms with Crippen molar-refractivity contribution < 1.29 is 4.79 Å². The molecule has 0 aliphatic heterocycles. The third-order valence-corrected chi connectivity index (χ3v) is 4.16. The maximum atomic E-state index is 12.0. The first kappa shape index (κ1) is 14.6. The highest BCUT2D eigenvalue weighted by Crippen LogP contribution is 2.29. The van der Waals surface area contributed by atoms with Crippen LogP contribution in [0.2, 0.25) is 0 Å². The van der Waals surface area contributed by atoms with Gasteiger partial charge in [-0.15, -0.1) is 0 Å². The summed E-state index contributed by atoms with van der Waals surface area (Å²) in [6.07, 6.45) is 5.75. The van der Waals surface area contributed by atoms with Crippen LogP contribution in [0.5, 0.6) is 0 Å². The molecule has 1 amide bonds. The Bertz CT molecular complexity index is 472. The van der Waals surface area contributed by atoms with Crippen molar-refractivity contribution in [3.05, 3.63) is 35.9 Å². The second-order valence-electron chi connectivity index (χ2n) is 5.60. The van der Waals surface area contributed by atoms with Crippen molar-refractivity contribution in [3.63, 3.8) is 0 Å². The van der Waals surface area contributed by atoms with Crippen LogP contribution >= 0.6 is 0 Å². The lowest BCUT2D eigenvalue weighted by Gasteiger charge is -2.34. The van der Waals surface area contributed by atoms with E-state index in [1.165, 1.54) is 19.3 Å². The summed E-state index contributed by atoms with van der Waals surface area (Å²) in [6, 6.07) is 12.0. The van der Waals surface area contributed by atoms with E-state index in [9.17, 15) is 10.1 Å². The van der Waals surface area contributed by atoms with Crippen LogP contribution in [0.1, 0.15) is 44.6 Å². The van der Waals surface area contributed by atoms with Gasteiger partial charge in [0.25, 0.3) is 0 Å². The van der Waals surface area contributed by atoms with E-state index in [4.69, 9.17) is 0 Å². The second-order valence-corrected chi connectivity index (χ2v) is 5.60. The van der Waals surface area contributed by atoms with Crippen molar-refractivity contribution in [2.24, 2.45) is 5.92 Å². The van der Waals surface area contributed by atoms with E-state index in [-0.39, 0.29) is 11.9 Å². The first-order valence-corrected chi connectivity index (χ1v) is 7.43. The van der Waals surface area contributed by atoms with Crippen molar-refractivity contribution >= 4 is 5.91 Å². The molecule has 20 heavy (non-hydrogen) atoms. The third-order valence-electron chi connectivity index (χ3n) is 4.16. The number of hydrogen-bond acceptors (Lipinski definition) is 2. The fourth-order valence-electron chi connectivity index (χ4n) is 3.07. The van der Waals surface area contributed by atoms with Gasteiger partial charge in [0.2, 0.25) is 5.91 Å². The van der Waals surface area contributed by atoms with Gasteiger partial charge in [-0.3, -0.25) is 4.79 Å². The predicted octanol–water partition coefficient (Wildman–Crippen LogP) is 3.51. The predicted molar refractivity (Wildman–Crippen MR) is 78.6 cm³/mol. The molecule has 0 aromatic heterocycles. The van der Waals surface area contributed by atoms with Crippen LogP contribution in [0.3, 0.4) is 0 Å². The Balaban J connectivity index is 2.13. The largest absolute Gasteiger partial charge is 0.322 e. The van der Waals surface area contributed by atoms with Gasteiger partial charge in [0.05, 0.1) is 6.07 Å². The van der Waals surface area contributed by atoms with Crippen LogP contribution in [0.15, 0.2) is 30.3 Å². The van der Waals surface area contributed by atoms with Crippen molar-refractivity contribution in [2.75, 3.05) is 0 Å². The quantitative estimate of drug-likeness (QED) is 0.840. The number of carbonyl (C=O) groups excluding carboxylic acids is 1. The molecule has 1 atom stereocenters. The molecule has 1 fully saturated rings. The number of nitriles is 1. The Morgan fingerprint density at radius 3 is 2.50 bits per heavy atom. The van der Waals surface area contributed by atoms with Crippen LogP contribution in [0, 0.1) is 17.2 Å².